The van der Waals surface area contributed by atoms with Gasteiger partial charge in [-0.1, -0.05) is 36.4 Å². The van der Waals surface area contributed by atoms with Gasteiger partial charge < -0.3 is 9.64 Å². The third-order valence-corrected chi connectivity index (χ3v) is 5.35. The zero-order valence-electron chi connectivity index (χ0n) is 15.4. The van der Waals surface area contributed by atoms with Crippen LogP contribution in [-0.4, -0.2) is 36.1 Å². The summed E-state index contributed by atoms with van der Waals surface area (Å²) in [5.74, 6) is 0. The van der Waals surface area contributed by atoms with E-state index in [1.807, 2.05) is 30.3 Å². The first kappa shape index (κ1) is 17.9. The van der Waals surface area contributed by atoms with Crippen LogP contribution in [0, 0.1) is 10.1 Å². The van der Waals surface area contributed by atoms with Crippen LogP contribution in [0.2, 0.25) is 0 Å². The van der Waals surface area contributed by atoms with E-state index >= 15 is 0 Å². The number of ether oxygens (including phenoxy) is 1. The second kappa shape index (κ2) is 8.06. The molecule has 0 spiro atoms. The minimum absolute atomic E-state index is 0.184. The van der Waals surface area contributed by atoms with Gasteiger partial charge in [-0.2, -0.15) is 0 Å². The molecule has 0 aliphatic carbocycles. The average molecular weight is 367 g/mol. The molecule has 4 rings (SSSR count). The molecule has 0 unspecified atom stereocenters. The largest absolute Gasteiger partial charge is 0.366 e. The van der Waals surface area contributed by atoms with Crippen molar-refractivity contribution in [2.45, 2.75) is 32.0 Å². The molecule has 0 radical (unpaired) electrons. The summed E-state index contributed by atoms with van der Waals surface area (Å²) in [4.78, 5) is 15.8. The lowest BCUT2D eigenvalue weighted by molar-refractivity contribution is -0.384. The van der Waals surface area contributed by atoms with E-state index in [4.69, 9.17) is 4.74 Å². The summed E-state index contributed by atoms with van der Waals surface area (Å²) in [6.07, 6.45) is 2.91. The zero-order chi connectivity index (χ0) is 18.6. The highest BCUT2D eigenvalue weighted by atomic mass is 16.6. The van der Waals surface area contributed by atoms with Crippen molar-refractivity contribution in [2.24, 2.45) is 0 Å². The molecule has 2 aliphatic rings. The number of rotatable bonds is 5. The van der Waals surface area contributed by atoms with Crippen molar-refractivity contribution >= 4 is 11.4 Å². The molecule has 27 heavy (non-hydrogen) atoms. The van der Waals surface area contributed by atoms with Gasteiger partial charge in [-0.15, -0.1) is 0 Å². The highest BCUT2D eigenvalue weighted by Gasteiger charge is 2.29. The molecule has 2 heterocycles. The first-order chi connectivity index (χ1) is 13.2. The highest BCUT2D eigenvalue weighted by Crippen LogP contribution is 2.36. The Morgan fingerprint density at radius 3 is 2.56 bits per heavy atom. The molecular formula is C21H25N3O3. The first-order valence-electron chi connectivity index (χ1n) is 9.65. The van der Waals surface area contributed by atoms with Gasteiger partial charge in [0.05, 0.1) is 11.5 Å². The molecule has 2 aromatic carbocycles. The van der Waals surface area contributed by atoms with Crippen molar-refractivity contribution in [2.75, 3.05) is 31.1 Å². The van der Waals surface area contributed by atoms with E-state index in [9.17, 15) is 10.1 Å². The third-order valence-electron chi connectivity index (χ3n) is 5.35. The average Bonchev–Trinajstić information content (AvgIpc) is 3.23. The van der Waals surface area contributed by atoms with E-state index in [-0.39, 0.29) is 16.8 Å². The number of hydrogen-bond acceptors (Lipinski definition) is 5. The van der Waals surface area contributed by atoms with E-state index in [1.54, 1.807) is 6.07 Å². The summed E-state index contributed by atoms with van der Waals surface area (Å²) in [6.45, 7) is 4.15. The molecule has 0 amide bonds. The summed E-state index contributed by atoms with van der Waals surface area (Å²) in [5.41, 5.74) is 2.99. The molecule has 2 aromatic rings. The van der Waals surface area contributed by atoms with Crippen LogP contribution < -0.4 is 4.90 Å². The number of benzene rings is 2. The van der Waals surface area contributed by atoms with Crippen molar-refractivity contribution < 1.29 is 9.66 Å². The number of nitrogens with zero attached hydrogens (tertiary/aromatic N) is 3. The SMILES string of the molecule is O=[N+]([O-])c1cc([C@H]2OCCCN2Cc2ccccc2)ccc1N1CCCC1. The van der Waals surface area contributed by atoms with Crippen molar-refractivity contribution in [3.8, 4) is 0 Å². The summed E-state index contributed by atoms with van der Waals surface area (Å²) in [6, 6.07) is 15.9. The summed E-state index contributed by atoms with van der Waals surface area (Å²) < 4.78 is 6.04. The molecule has 142 valence electrons. The normalized spacial score (nSPS) is 20.7. The van der Waals surface area contributed by atoms with Crippen molar-refractivity contribution in [3.63, 3.8) is 0 Å². The van der Waals surface area contributed by atoms with Crippen LogP contribution >= 0.6 is 0 Å². The Morgan fingerprint density at radius 1 is 1.04 bits per heavy atom. The van der Waals surface area contributed by atoms with Gasteiger partial charge in [-0.25, -0.2) is 0 Å². The maximum Gasteiger partial charge on any atom is 0.292 e. The van der Waals surface area contributed by atoms with E-state index in [2.05, 4.69) is 21.9 Å². The van der Waals surface area contributed by atoms with Crippen LogP contribution in [0.3, 0.4) is 0 Å². The molecule has 2 aliphatic heterocycles. The minimum Gasteiger partial charge on any atom is -0.366 e. The third kappa shape index (κ3) is 3.96. The Labute approximate surface area is 159 Å². The molecule has 6 nitrogen and oxygen atoms in total. The summed E-state index contributed by atoms with van der Waals surface area (Å²) in [7, 11) is 0. The van der Waals surface area contributed by atoms with Crippen LogP contribution in [0.15, 0.2) is 48.5 Å². The monoisotopic (exact) mass is 367 g/mol. The predicted octanol–water partition coefficient (Wildman–Crippen LogP) is 4.12. The van der Waals surface area contributed by atoms with Crippen LogP contribution in [0.25, 0.3) is 0 Å². The van der Waals surface area contributed by atoms with Crippen LogP contribution in [0.1, 0.15) is 36.6 Å². The lowest BCUT2D eigenvalue weighted by Gasteiger charge is -2.36. The number of hydrogen-bond donors (Lipinski definition) is 0. The van der Waals surface area contributed by atoms with E-state index in [1.165, 1.54) is 5.56 Å². The van der Waals surface area contributed by atoms with E-state index in [0.29, 0.717) is 6.61 Å². The zero-order valence-corrected chi connectivity index (χ0v) is 15.4. The van der Waals surface area contributed by atoms with Gasteiger partial charge in [0.15, 0.2) is 0 Å². The van der Waals surface area contributed by atoms with Gasteiger partial charge in [-0.05, 0) is 30.9 Å². The van der Waals surface area contributed by atoms with Gasteiger partial charge in [-0.3, -0.25) is 15.0 Å². The first-order valence-corrected chi connectivity index (χ1v) is 9.65. The number of nitro benzene ring substituents is 1. The molecule has 6 heteroatoms. The number of nitro groups is 1. The van der Waals surface area contributed by atoms with Gasteiger partial charge in [0.25, 0.3) is 5.69 Å². The fraction of sp³-hybridized carbons (Fsp3) is 0.429. The fourth-order valence-corrected chi connectivity index (χ4v) is 4.04. The predicted molar refractivity (Wildman–Crippen MR) is 105 cm³/mol. The molecule has 0 aromatic heterocycles. The Hall–Kier alpha value is -2.44. The molecule has 0 saturated carbocycles. The summed E-state index contributed by atoms with van der Waals surface area (Å²) in [5, 5.41) is 11.7. The topological polar surface area (TPSA) is 58.9 Å². The van der Waals surface area contributed by atoms with Crippen LogP contribution in [0.5, 0.6) is 0 Å². The lowest BCUT2D eigenvalue weighted by Crippen LogP contribution is -2.36. The van der Waals surface area contributed by atoms with Crippen molar-refractivity contribution in [1.82, 2.24) is 4.90 Å². The molecule has 2 saturated heterocycles. The second-order valence-corrected chi connectivity index (χ2v) is 7.23. The Kier molecular flexibility index (Phi) is 5.36. The van der Waals surface area contributed by atoms with Gasteiger partial charge in [0.2, 0.25) is 0 Å². The fourth-order valence-electron chi connectivity index (χ4n) is 4.04. The quantitative estimate of drug-likeness (QED) is 0.588. The highest BCUT2D eigenvalue weighted by molar-refractivity contribution is 5.65. The van der Waals surface area contributed by atoms with Crippen LogP contribution in [0.4, 0.5) is 11.4 Å². The summed E-state index contributed by atoms with van der Waals surface area (Å²) >= 11 is 0. The van der Waals surface area contributed by atoms with E-state index < -0.39 is 0 Å². The molecule has 2 fully saturated rings. The van der Waals surface area contributed by atoms with Gasteiger partial charge in [0.1, 0.15) is 11.9 Å². The second-order valence-electron chi connectivity index (χ2n) is 7.23. The number of anilines is 1. The maximum absolute atomic E-state index is 11.7. The van der Waals surface area contributed by atoms with E-state index in [0.717, 1.165) is 56.7 Å². The van der Waals surface area contributed by atoms with Gasteiger partial charge in [0, 0.05) is 37.8 Å². The van der Waals surface area contributed by atoms with Crippen LogP contribution in [-0.2, 0) is 11.3 Å². The molecule has 0 N–H and O–H groups in total. The molecular weight excluding hydrogens is 342 g/mol. The van der Waals surface area contributed by atoms with Crippen molar-refractivity contribution in [3.05, 3.63) is 69.8 Å². The standard InChI is InChI=1S/C21H25N3O3/c25-24(26)20-15-18(9-10-19(20)22-11-4-5-12-22)21-23(13-6-14-27-21)16-17-7-2-1-3-8-17/h1-3,7-10,15,21H,4-6,11-14,16H2/t21-/m1/s1. The smallest absolute Gasteiger partial charge is 0.292 e. The maximum atomic E-state index is 11.7. The molecule has 0 bridgehead atoms. The lowest BCUT2D eigenvalue weighted by atomic mass is 10.1. The Bertz CT molecular complexity index is 791. The molecule has 1 atom stereocenters. The van der Waals surface area contributed by atoms with Crippen molar-refractivity contribution in [1.29, 1.82) is 0 Å². The Balaban J connectivity index is 1.61. The van der Waals surface area contributed by atoms with Gasteiger partial charge >= 0.3 is 0 Å². The minimum atomic E-state index is -0.262. The Morgan fingerprint density at radius 2 is 1.81 bits per heavy atom.